The first kappa shape index (κ1) is 21.3. The van der Waals surface area contributed by atoms with Crippen molar-refractivity contribution in [3.05, 3.63) is 65.5 Å². The fraction of sp³-hybridized carbons (Fsp3) is 0.435. The molecule has 4 rings (SSSR count). The highest BCUT2D eigenvalue weighted by atomic mass is 16.5. The van der Waals surface area contributed by atoms with Gasteiger partial charge in [0, 0.05) is 5.56 Å². The van der Waals surface area contributed by atoms with Gasteiger partial charge in [-0.1, -0.05) is 12.1 Å². The molecular formula is C23H32N6O2+2. The highest BCUT2D eigenvalue weighted by Crippen LogP contribution is 2.21. The van der Waals surface area contributed by atoms with Gasteiger partial charge in [0.05, 0.1) is 27.3 Å². The molecule has 2 N–H and O–H groups in total. The van der Waals surface area contributed by atoms with Gasteiger partial charge in [-0.25, -0.2) is 4.68 Å². The van der Waals surface area contributed by atoms with Crippen molar-refractivity contribution >= 4 is 0 Å². The summed E-state index contributed by atoms with van der Waals surface area (Å²) in [6.07, 6.45) is 0. The lowest BCUT2D eigenvalue weighted by Crippen LogP contribution is -3.28. The van der Waals surface area contributed by atoms with E-state index in [1.807, 2.05) is 28.9 Å². The second kappa shape index (κ2) is 9.89. The molecular weight excluding hydrogens is 392 g/mol. The summed E-state index contributed by atoms with van der Waals surface area (Å²) in [4.78, 5) is 3.17. The number of piperazine rings is 1. The first-order valence-electron chi connectivity index (χ1n) is 10.9. The zero-order valence-corrected chi connectivity index (χ0v) is 18.5. The van der Waals surface area contributed by atoms with Gasteiger partial charge in [0.1, 0.15) is 37.7 Å². The Bertz CT molecular complexity index is 949. The van der Waals surface area contributed by atoms with Gasteiger partial charge in [-0.05, 0) is 59.3 Å². The van der Waals surface area contributed by atoms with Gasteiger partial charge in [0.2, 0.25) is 5.82 Å². The summed E-state index contributed by atoms with van der Waals surface area (Å²) in [6.45, 7) is 8.58. The first-order valence-corrected chi connectivity index (χ1v) is 10.9. The third kappa shape index (κ3) is 4.86. The molecule has 1 fully saturated rings. The van der Waals surface area contributed by atoms with Crippen LogP contribution >= 0.6 is 0 Å². The zero-order valence-electron chi connectivity index (χ0n) is 18.5. The van der Waals surface area contributed by atoms with Crippen molar-refractivity contribution in [3.63, 3.8) is 0 Å². The molecule has 8 nitrogen and oxygen atoms in total. The number of hydrogen-bond acceptors (Lipinski definition) is 5. The van der Waals surface area contributed by atoms with Gasteiger partial charge >= 0.3 is 0 Å². The van der Waals surface area contributed by atoms with Crippen LogP contribution in [0.2, 0.25) is 0 Å². The summed E-state index contributed by atoms with van der Waals surface area (Å²) in [6, 6.07) is 16.5. The lowest BCUT2D eigenvalue weighted by Gasteiger charge is -2.33. The maximum atomic E-state index is 5.37. The van der Waals surface area contributed by atoms with Crippen molar-refractivity contribution in [2.24, 2.45) is 0 Å². The van der Waals surface area contributed by atoms with Crippen molar-refractivity contribution in [1.29, 1.82) is 0 Å². The highest BCUT2D eigenvalue weighted by Gasteiger charge is 2.35. The number of quaternary nitrogens is 2. The molecule has 0 radical (unpaired) electrons. The largest absolute Gasteiger partial charge is 0.497 e. The number of nitrogens with one attached hydrogen (secondary N) is 2. The summed E-state index contributed by atoms with van der Waals surface area (Å²) in [5.74, 6) is 2.60. The predicted molar refractivity (Wildman–Crippen MR) is 117 cm³/mol. The third-order valence-corrected chi connectivity index (χ3v) is 6.27. The van der Waals surface area contributed by atoms with E-state index < -0.39 is 0 Å². The second-order valence-electron chi connectivity index (χ2n) is 8.01. The molecule has 0 spiro atoms. The molecule has 1 aliphatic rings. The molecule has 1 aromatic heterocycles. The number of ether oxygens (including phenoxy) is 2. The van der Waals surface area contributed by atoms with Crippen LogP contribution in [0.15, 0.2) is 48.5 Å². The van der Waals surface area contributed by atoms with Crippen molar-refractivity contribution in [2.75, 3.05) is 46.9 Å². The van der Waals surface area contributed by atoms with Crippen LogP contribution in [0, 0.1) is 0 Å². The Morgan fingerprint density at radius 1 is 0.903 bits per heavy atom. The average Bonchev–Trinajstić information content (AvgIpc) is 3.28. The first-order chi connectivity index (χ1) is 15.2. The van der Waals surface area contributed by atoms with E-state index in [9.17, 15) is 0 Å². The SMILES string of the molecule is CC[NH+]1CC[NH+]([C@@H](c2ccc(OC)cc2)c2nnnn2Cc2ccc(OC)cc2)CC1. The third-order valence-electron chi connectivity index (χ3n) is 6.27. The van der Waals surface area contributed by atoms with Gasteiger partial charge in [0.25, 0.3) is 0 Å². The fourth-order valence-corrected chi connectivity index (χ4v) is 4.37. The Hall–Kier alpha value is -2.97. The molecule has 0 aliphatic carbocycles. The second-order valence-corrected chi connectivity index (χ2v) is 8.01. The molecule has 1 atom stereocenters. The standard InChI is InChI=1S/C23H30N6O2/c1-4-27-13-15-28(16-14-27)22(19-7-11-21(31-3)12-8-19)23-24-25-26-29(23)17-18-5-9-20(30-2)10-6-18/h5-12,22H,4,13-17H2,1-3H3/p+2/t22-/m0/s1. The number of nitrogens with zero attached hydrogens (tertiary/aromatic N) is 4. The summed E-state index contributed by atoms with van der Waals surface area (Å²) < 4.78 is 12.6. The van der Waals surface area contributed by atoms with Crippen molar-refractivity contribution < 1.29 is 19.3 Å². The molecule has 164 valence electrons. The van der Waals surface area contributed by atoms with Gasteiger partial charge in [0.15, 0.2) is 6.04 Å². The van der Waals surface area contributed by atoms with E-state index in [4.69, 9.17) is 9.47 Å². The number of aromatic nitrogens is 4. The number of likely N-dealkylation sites (N-methyl/N-ethyl adjacent to an activating group) is 1. The van der Waals surface area contributed by atoms with E-state index in [1.54, 1.807) is 19.1 Å². The van der Waals surface area contributed by atoms with Crippen LogP contribution in [0.5, 0.6) is 11.5 Å². The summed E-state index contributed by atoms with van der Waals surface area (Å²) >= 11 is 0. The number of benzene rings is 2. The lowest BCUT2D eigenvalue weighted by molar-refractivity contribution is -1.02. The number of hydrogen-bond donors (Lipinski definition) is 2. The van der Waals surface area contributed by atoms with E-state index in [0.29, 0.717) is 6.54 Å². The minimum absolute atomic E-state index is 0.0811. The summed E-state index contributed by atoms with van der Waals surface area (Å²) in [7, 11) is 3.37. The Balaban J connectivity index is 1.64. The summed E-state index contributed by atoms with van der Waals surface area (Å²) in [5.41, 5.74) is 2.35. The topological polar surface area (TPSA) is 70.9 Å². The fourth-order valence-electron chi connectivity index (χ4n) is 4.37. The van der Waals surface area contributed by atoms with Crippen molar-refractivity contribution in [3.8, 4) is 11.5 Å². The predicted octanol–water partition coefficient (Wildman–Crippen LogP) is -0.369. The number of rotatable bonds is 8. The van der Waals surface area contributed by atoms with Crippen LogP contribution in [0.3, 0.4) is 0 Å². The van der Waals surface area contributed by atoms with Crippen LogP contribution in [0.1, 0.15) is 29.9 Å². The molecule has 0 unspecified atom stereocenters. The molecule has 2 aromatic carbocycles. The zero-order chi connectivity index (χ0) is 21.6. The lowest BCUT2D eigenvalue weighted by atomic mass is 10.0. The maximum Gasteiger partial charge on any atom is 0.214 e. The molecule has 3 aromatic rings. The Kier molecular flexibility index (Phi) is 6.79. The van der Waals surface area contributed by atoms with Crippen LogP contribution in [-0.2, 0) is 6.54 Å². The van der Waals surface area contributed by atoms with Crippen LogP contribution < -0.4 is 19.3 Å². The Morgan fingerprint density at radius 2 is 1.52 bits per heavy atom. The summed E-state index contributed by atoms with van der Waals surface area (Å²) in [5, 5.41) is 12.9. The van der Waals surface area contributed by atoms with E-state index in [0.717, 1.165) is 36.0 Å². The van der Waals surface area contributed by atoms with Crippen LogP contribution in [0.4, 0.5) is 0 Å². The highest BCUT2D eigenvalue weighted by molar-refractivity contribution is 5.31. The molecule has 0 amide bonds. The quantitative estimate of drug-likeness (QED) is 0.517. The Labute approximate surface area is 183 Å². The molecule has 2 heterocycles. The minimum atomic E-state index is 0.0811. The van der Waals surface area contributed by atoms with Gasteiger partial charge in [-0.2, -0.15) is 0 Å². The molecule has 0 bridgehead atoms. The minimum Gasteiger partial charge on any atom is -0.497 e. The maximum absolute atomic E-state index is 5.37. The molecule has 1 aliphatic heterocycles. The number of methoxy groups -OCH3 is 2. The van der Waals surface area contributed by atoms with Gasteiger partial charge < -0.3 is 19.3 Å². The van der Waals surface area contributed by atoms with E-state index in [-0.39, 0.29) is 6.04 Å². The number of tetrazole rings is 1. The van der Waals surface area contributed by atoms with Crippen LogP contribution in [-0.4, -0.2) is 67.2 Å². The molecule has 8 heteroatoms. The van der Waals surface area contributed by atoms with Crippen molar-refractivity contribution in [2.45, 2.75) is 19.5 Å². The molecule has 1 saturated heterocycles. The average molecular weight is 425 g/mol. The van der Waals surface area contributed by atoms with Crippen molar-refractivity contribution in [1.82, 2.24) is 20.2 Å². The monoisotopic (exact) mass is 424 g/mol. The molecule has 0 saturated carbocycles. The van der Waals surface area contributed by atoms with E-state index >= 15 is 0 Å². The Morgan fingerprint density at radius 3 is 2.10 bits per heavy atom. The van der Waals surface area contributed by atoms with E-state index in [2.05, 4.69) is 46.7 Å². The normalized spacial score (nSPS) is 19.7. The smallest absolute Gasteiger partial charge is 0.214 e. The molecule has 31 heavy (non-hydrogen) atoms. The van der Waals surface area contributed by atoms with Crippen LogP contribution in [0.25, 0.3) is 0 Å². The van der Waals surface area contributed by atoms with E-state index in [1.165, 1.54) is 30.1 Å². The van der Waals surface area contributed by atoms with Gasteiger partial charge in [-0.15, -0.1) is 5.10 Å². The van der Waals surface area contributed by atoms with Gasteiger partial charge in [-0.3, -0.25) is 0 Å².